The van der Waals surface area contributed by atoms with Crippen molar-refractivity contribution >= 4 is 11.8 Å². The molecular formula is C16H28N2O3. The van der Waals surface area contributed by atoms with Gasteiger partial charge in [0.2, 0.25) is 11.8 Å². The third-order valence-electron chi connectivity index (χ3n) is 4.62. The highest BCUT2D eigenvalue weighted by atomic mass is 16.3. The maximum absolute atomic E-state index is 12.3. The van der Waals surface area contributed by atoms with Gasteiger partial charge >= 0.3 is 0 Å². The summed E-state index contributed by atoms with van der Waals surface area (Å²) < 4.78 is 0. The zero-order chi connectivity index (χ0) is 15.4. The van der Waals surface area contributed by atoms with Crippen molar-refractivity contribution in [3.63, 3.8) is 0 Å². The number of carbonyl (C=O) groups is 2. The molecule has 0 spiro atoms. The zero-order valence-electron chi connectivity index (χ0n) is 13.2. The smallest absolute Gasteiger partial charge is 0.225 e. The van der Waals surface area contributed by atoms with Crippen molar-refractivity contribution in [2.45, 2.75) is 64.5 Å². The van der Waals surface area contributed by atoms with Gasteiger partial charge in [-0.25, -0.2) is 0 Å². The van der Waals surface area contributed by atoms with Gasteiger partial charge in [0.15, 0.2) is 0 Å². The molecule has 0 radical (unpaired) electrons. The molecule has 1 heterocycles. The maximum atomic E-state index is 12.3. The molecular weight excluding hydrogens is 268 g/mol. The fraction of sp³-hybridized carbons (Fsp3) is 0.875. The molecule has 0 aromatic rings. The maximum Gasteiger partial charge on any atom is 0.225 e. The summed E-state index contributed by atoms with van der Waals surface area (Å²) in [5.41, 5.74) is 0. The molecule has 2 N–H and O–H groups in total. The summed E-state index contributed by atoms with van der Waals surface area (Å²) in [5.74, 6) is 0.206. The van der Waals surface area contributed by atoms with Crippen LogP contribution in [0.25, 0.3) is 0 Å². The van der Waals surface area contributed by atoms with E-state index in [9.17, 15) is 14.7 Å². The van der Waals surface area contributed by atoms with E-state index in [4.69, 9.17) is 0 Å². The van der Waals surface area contributed by atoms with Crippen LogP contribution in [-0.2, 0) is 9.59 Å². The predicted molar refractivity (Wildman–Crippen MR) is 80.5 cm³/mol. The van der Waals surface area contributed by atoms with Gasteiger partial charge in [0.1, 0.15) is 0 Å². The lowest BCUT2D eigenvalue weighted by Crippen LogP contribution is -2.43. The van der Waals surface area contributed by atoms with E-state index in [1.165, 1.54) is 12.8 Å². The summed E-state index contributed by atoms with van der Waals surface area (Å²) in [6.07, 6.45) is 5.61. The summed E-state index contributed by atoms with van der Waals surface area (Å²) in [5, 5.41) is 12.3. The van der Waals surface area contributed by atoms with Gasteiger partial charge in [0, 0.05) is 19.0 Å². The van der Waals surface area contributed by atoms with Gasteiger partial charge < -0.3 is 15.3 Å². The normalized spacial score (nSPS) is 24.9. The van der Waals surface area contributed by atoms with E-state index in [1.54, 1.807) is 0 Å². The SMILES string of the molecule is CC(C)CC(CO)NC(=O)C1CC(=O)N(C2CCCC2)C1. The summed E-state index contributed by atoms with van der Waals surface area (Å²) in [7, 11) is 0. The summed E-state index contributed by atoms with van der Waals surface area (Å²) in [6.45, 7) is 4.64. The number of hydrogen-bond donors (Lipinski definition) is 2. The fourth-order valence-corrected chi connectivity index (χ4v) is 3.54. The molecule has 1 aliphatic carbocycles. The molecule has 2 fully saturated rings. The van der Waals surface area contributed by atoms with Crippen LogP contribution < -0.4 is 5.32 Å². The van der Waals surface area contributed by atoms with Crippen LogP contribution in [-0.4, -0.2) is 47.1 Å². The van der Waals surface area contributed by atoms with Gasteiger partial charge in [0.05, 0.1) is 18.6 Å². The number of carbonyl (C=O) groups excluding carboxylic acids is 2. The zero-order valence-corrected chi connectivity index (χ0v) is 13.2. The Kier molecular flexibility index (Phi) is 5.62. The number of aliphatic hydroxyl groups is 1. The van der Waals surface area contributed by atoms with Crippen LogP contribution >= 0.6 is 0 Å². The molecule has 1 saturated heterocycles. The van der Waals surface area contributed by atoms with Gasteiger partial charge in [0.25, 0.3) is 0 Å². The number of rotatable bonds is 6. The molecule has 2 atom stereocenters. The Labute approximate surface area is 127 Å². The Morgan fingerprint density at radius 1 is 1.38 bits per heavy atom. The minimum Gasteiger partial charge on any atom is -0.394 e. The van der Waals surface area contributed by atoms with E-state index < -0.39 is 0 Å². The molecule has 0 aromatic heterocycles. The minimum absolute atomic E-state index is 0.0447. The van der Waals surface area contributed by atoms with Gasteiger partial charge in [-0.2, -0.15) is 0 Å². The molecule has 2 aliphatic rings. The number of nitrogens with zero attached hydrogens (tertiary/aromatic N) is 1. The third kappa shape index (κ3) is 4.19. The van der Waals surface area contributed by atoms with Crippen LogP contribution in [0.5, 0.6) is 0 Å². The summed E-state index contributed by atoms with van der Waals surface area (Å²) in [6, 6.07) is 0.146. The molecule has 0 aromatic carbocycles. The molecule has 21 heavy (non-hydrogen) atoms. The monoisotopic (exact) mass is 296 g/mol. The topological polar surface area (TPSA) is 69.6 Å². The van der Waals surface area contributed by atoms with Crippen LogP contribution in [0, 0.1) is 11.8 Å². The molecule has 2 amide bonds. The second kappa shape index (κ2) is 7.25. The van der Waals surface area contributed by atoms with Crippen molar-refractivity contribution in [1.29, 1.82) is 0 Å². The van der Waals surface area contributed by atoms with E-state index in [2.05, 4.69) is 19.2 Å². The van der Waals surface area contributed by atoms with Gasteiger partial charge in [-0.15, -0.1) is 0 Å². The Hall–Kier alpha value is -1.10. The van der Waals surface area contributed by atoms with Gasteiger partial charge in [-0.1, -0.05) is 26.7 Å². The van der Waals surface area contributed by atoms with Crippen LogP contribution in [0.4, 0.5) is 0 Å². The lowest BCUT2D eigenvalue weighted by molar-refractivity contribution is -0.130. The standard InChI is InChI=1S/C16H28N2O3/c1-11(2)7-13(10-19)17-16(21)12-8-15(20)18(9-12)14-5-3-4-6-14/h11-14,19H,3-10H2,1-2H3,(H,17,21). The first-order chi connectivity index (χ1) is 10.0. The minimum atomic E-state index is -0.251. The number of hydrogen-bond acceptors (Lipinski definition) is 3. The molecule has 2 unspecified atom stereocenters. The van der Waals surface area contributed by atoms with E-state index in [0.29, 0.717) is 24.9 Å². The van der Waals surface area contributed by atoms with Crippen molar-refractivity contribution in [1.82, 2.24) is 10.2 Å². The Bertz CT molecular complexity index is 378. The number of amides is 2. The average Bonchev–Trinajstić information content (AvgIpc) is 3.06. The van der Waals surface area contributed by atoms with Crippen molar-refractivity contribution < 1.29 is 14.7 Å². The molecule has 1 aliphatic heterocycles. The Balaban J connectivity index is 1.87. The summed E-state index contributed by atoms with van der Waals surface area (Å²) in [4.78, 5) is 26.3. The molecule has 2 rings (SSSR count). The predicted octanol–water partition coefficient (Wildman–Crippen LogP) is 1.30. The molecule has 5 nitrogen and oxygen atoms in total. The van der Waals surface area contributed by atoms with Gasteiger partial charge in [-0.3, -0.25) is 9.59 Å². The highest BCUT2D eigenvalue weighted by molar-refractivity contribution is 5.89. The highest BCUT2D eigenvalue weighted by Crippen LogP contribution is 2.29. The fourth-order valence-electron chi connectivity index (χ4n) is 3.54. The van der Waals surface area contributed by atoms with Crippen LogP contribution in [0.15, 0.2) is 0 Å². The Morgan fingerprint density at radius 3 is 2.62 bits per heavy atom. The molecule has 0 bridgehead atoms. The van der Waals surface area contributed by atoms with Gasteiger partial charge in [-0.05, 0) is 25.2 Å². The van der Waals surface area contributed by atoms with Crippen LogP contribution in [0.1, 0.15) is 52.4 Å². The van der Waals surface area contributed by atoms with E-state index in [-0.39, 0.29) is 30.4 Å². The largest absolute Gasteiger partial charge is 0.394 e. The number of likely N-dealkylation sites (tertiary alicyclic amines) is 1. The highest BCUT2D eigenvalue weighted by Gasteiger charge is 2.38. The average molecular weight is 296 g/mol. The molecule has 120 valence electrons. The lowest BCUT2D eigenvalue weighted by atomic mass is 10.0. The summed E-state index contributed by atoms with van der Waals surface area (Å²) >= 11 is 0. The lowest BCUT2D eigenvalue weighted by Gasteiger charge is -2.24. The van der Waals surface area contributed by atoms with Crippen LogP contribution in [0.3, 0.4) is 0 Å². The molecule has 5 heteroatoms. The third-order valence-corrected chi connectivity index (χ3v) is 4.62. The first-order valence-corrected chi connectivity index (χ1v) is 8.22. The van der Waals surface area contributed by atoms with Crippen LogP contribution in [0.2, 0.25) is 0 Å². The second-order valence-corrected chi connectivity index (χ2v) is 6.90. The first kappa shape index (κ1) is 16.3. The quantitative estimate of drug-likeness (QED) is 0.776. The van der Waals surface area contributed by atoms with Crippen molar-refractivity contribution in [2.24, 2.45) is 11.8 Å². The van der Waals surface area contributed by atoms with E-state index in [0.717, 1.165) is 19.3 Å². The van der Waals surface area contributed by atoms with Crippen molar-refractivity contribution in [3.8, 4) is 0 Å². The van der Waals surface area contributed by atoms with Crippen molar-refractivity contribution in [3.05, 3.63) is 0 Å². The van der Waals surface area contributed by atoms with E-state index >= 15 is 0 Å². The molecule has 1 saturated carbocycles. The van der Waals surface area contributed by atoms with Crippen molar-refractivity contribution in [2.75, 3.05) is 13.2 Å². The second-order valence-electron chi connectivity index (χ2n) is 6.90. The number of aliphatic hydroxyl groups excluding tert-OH is 1. The Morgan fingerprint density at radius 2 is 2.05 bits per heavy atom. The number of nitrogens with one attached hydrogen (secondary N) is 1. The first-order valence-electron chi connectivity index (χ1n) is 8.22. The van der Waals surface area contributed by atoms with E-state index in [1.807, 2.05) is 4.90 Å².